The number of aliphatic hydroxyl groups excluding tert-OH is 1. The quantitative estimate of drug-likeness (QED) is 0.0743. The van der Waals surface area contributed by atoms with Crippen LogP contribution in [0.2, 0.25) is 0 Å². The van der Waals surface area contributed by atoms with E-state index < -0.39 is 18.0 Å². The summed E-state index contributed by atoms with van der Waals surface area (Å²) in [5, 5.41) is 14.7. The number of fused-ring (bicyclic) bond motifs is 20. The Hall–Kier alpha value is -6.49. The maximum atomic E-state index is 12.9. The molecule has 318 valence electrons. The van der Waals surface area contributed by atoms with Gasteiger partial charge in [0.25, 0.3) is 0 Å². The summed E-state index contributed by atoms with van der Waals surface area (Å²) in [7, 11) is 0. The zero-order valence-electron chi connectivity index (χ0n) is 36.9. The van der Waals surface area contributed by atoms with Crippen molar-refractivity contribution in [2.45, 2.75) is 72.8 Å². The molecule has 2 aliphatic heterocycles. The second kappa shape index (κ2) is 16.3. The number of nitrogens with zero attached hydrogens (tertiary/aromatic N) is 2. The summed E-state index contributed by atoms with van der Waals surface area (Å²) in [5.41, 5.74) is 20.2. The minimum Gasteiger partial charge on any atom is -0.463 e. The van der Waals surface area contributed by atoms with Gasteiger partial charge >= 0.3 is 11.9 Å². The standard InChI is InChI=1S/C53H50N4O5S/c1-26(2)53(60)62-25-34(58)24-61-44(59)18-19-63-43-17-16-33(9)51-41-22-39-49-31(7)13-12-29(5)47(49)37(55-39)20-35-45-27(3)10-11-28(4)46(45)36(54-35)21-38-48-30(6)14-15-32(8)50(48)40(56-38)23-42(57-41)52(43)51/h10-17,20-23,34,54,57-58H,1,18-19,24-25H2,2-9H3. The van der Waals surface area contributed by atoms with E-state index in [2.05, 4.69) is 138 Å². The molecule has 7 aromatic rings. The molecule has 0 fully saturated rings. The Morgan fingerprint density at radius 2 is 0.952 bits per heavy atom. The van der Waals surface area contributed by atoms with E-state index >= 15 is 0 Å². The number of H-pyrrole nitrogens is 2. The van der Waals surface area contributed by atoms with Crippen molar-refractivity contribution in [3.8, 4) is 45.0 Å². The number of aromatic amines is 2. The van der Waals surface area contributed by atoms with Crippen molar-refractivity contribution in [3.63, 3.8) is 0 Å². The number of carbonyl (C=O) groups is 2. The third-order valence-electron chi connectivity index (χ3n) is 12.2. The maximum Gasteiger partial charge on any atom is 0.333 e. The minimum absolute atomic E-state index is 0.114. The molecule has 0 radical (unpaired) electrons. The molecule has 8 bridgehead atoms. The Morgan fingerprint density at radius 1 is 0.587 bits per heavy atom. The van der Waals surface area contributed by atoms with Crippen molar-refractivity contribution in [1.82, 2.24) is 19.9 Å². The van der Waals surface area contributed by atoms with Crippen LogP contribution in [-0.4, -0.2) is 62.1 Å². The Labute approximate surface area is 370 Å². The number of aliphatic hydroxyl groups is 1. The molecule has 9 rings (SSSR count). The first-order valence-electron chi connectivity index (χ1n) is 21.3. The summed E-state index contributed by atoms with van der Waals surface area (Å²) in [5.74, 6) is -0.621. The summed E-state index contributed by atoms with van der Waals surface area (Å²) in [6, 6.07) is 26.2. The number of aryl methyl sites for hydroxylation is 7. The van der Waals surface area contributed by atoms with Crippen LogP contribution in [0.5, 0.6) is 0 Å². The normalized spacial score (nSPS) is 12.3. The topological polar surface area (TPSA) is 130 Å². The highest BCUT2D eigenvalue weighted by Crippen LogP contribution is 2.45. The van der Waals surface area contributed by atoms with Crippen LogP contribution in [0.1, 0.15) is 52.3 Å². The summed E-state index contributed by atoms with van der Waals surface area (Å²) in [6.07, 6.45) is -1.02. The largest absolute Gasteiger partial charge is 0.463 e. The third-order valence-corrected chi connectivity index (χ3v) is 13.3. The van der Waals surface area contributed by atoms with Gasteiger partial charge in [-0.05, 0) is 125 Å². The van der Waals surface area contributed by atoms with Crippen LogP contribution in [0.25, 0.3) is 88.6 Å². The van der Waals surface area contributed by atoms with Gasteiger partial charge in [-0.1, -0.05) is 49.0 Å². The molecule has 1 unspecified atom stereocenters. The fourth-order valence-corrected chi connectivity index (χ4v) is 10.1. The highest BCUT2D eigenvalue weighted by Gasteiger charge is 2.25. The number of nitrogens with one attached hydrogen (secondary N) is 2. The van der Waals surface area contributed by atoms with E-state index in [0.29, 0.717) is 5.75 Å². The van der Waals surface area contributed by atoms with Crippen LogP contribution >= 0.6 is 11.8 Å². The SMILES string of the molecule is C=C(C)C(=O)OCC(O)COC(=O)CCSc1ccc(C)c2c3cc4nc(cc5[nH]c(cc6nc(cc([nH]3)c12)-c1c(C)ccc(C)c1-6)c1c(C)ccc(C)c51)-c1c(C)ccc(C)c1-4. The molecule has 0 spiro atoms. The Bertz CT molecular complexity index is 3270. The molecule has 9 nitrogen and oxygen atoms in total. The first kappa shape index (κ1) is 41.8. The Balaban J connectivity index is 1.26. The van der Waals surface area contributed by atoms with Gasteiger partial charge in [0.1, 0.15) is 19.3 Å². The number of carbonyl (C=O) groups excluding carboxylic acids is 2. The number of benzene rings is 4. The minimum atomic E-state index is -1.14. The van der Waals surface area contributed by atoms with E-state index in [1.54, 1.807) is 11.8 Å². The monoisotopic (exact) mass is 854 g/mol. The molecular formula is C53H50N4O5S. The van der Waals surface area contributed by atoms with Crippen molar-refractivity contribution >= 4 is 67.3 Å². The van der Waals surface area contributed by atoms with Gasteiger partial charge in [0.15, 0.2) is 0 Å². The van der Waals surface area contributed by atoms with Crippen LogP contribution in [0.15, 0.2) is 89.8 Å². The Morgan fingerprint density at radius 3 is 1.38 bits per heavy atom. The second-order valence-electron chi connectivity index (χ2n) is 17.0. The molecule has 10 heteroatoms. The van der Waals surface area contributed by atoms with Gasteiger partial charge in [0, 0.05) is 82.1 Å². The van der Waals surface area contributed by atoms with Gasteiger partial charge in [-0.3, -0.25) is 4.79 Å². The summed E-state index contributed by atoms with van der Waals surface area (Å²) >= 11 is 1.57. The van der Waals surface area contributed by atoms with E-state index in [0.717, 1.165) is 111 Å². The van der Waals surface area contributed by atoms with Gasteiger partial charge in [-0.25, -0.2) is 14.8 Å². The van der Waals surface area contributed by atoms with E-state index in [4.69, 9.17) is 19.4 Å². The number of rotatable bonds is 9. The first-order valence-corrected chi connectivity index (χ1v) is 22.3. The number of aromatic nitrogens is 4. The number of thioether (sulfide) groups is 1. The molecule has 3 aromatic heterocycles. The molecule has 2 aliphatic rings. The van der Waals surface area contributed by atoms with Gasteiger partial charge in [0.05, 0.1) is 29.2 Å². The molecule has 0 saturated carbocycles. The van der Waals surface area contributed by atoms with Gasteiger partial charge in [-0.15, -0.1) is 11.8 Å². The molecule has 63 heavy (non-hydrogen) atoms. The summed E-state index contributed by atoms with van der Waals surface area (Å²) < 4.78 is 10.4. The van der Waals surface area contributed by atoms with Crippen LogP contribution in [-0.2, 0) is 19.1 Å². The van der Waals surface area contributed by atoms with Crippen molar-refractivity contribution in [1.29, 1.82) is 0 Å². The highest BCUT2D eigenvalue weighted by atomic mass is 32.2. The van der Waals surface area contributed by atoms with Crippen LogP contribution in [0.3, 0.4) is 0 Å². The van der Waals surface area contributed by atoms with E-state index in [1.807, 2.05) is 0 Å². The van der Waals surface area contributed by atoms with Gasteiger partial charge < -0.3 is 24.5 Å². The Kier molecular flexibility index (Phi) is 10.8. The smallest absolute Gasteiger partial charge is 0.333 e. The zero-order valence-corrected chi connectivity index (χ0v) is 37.7. The predicted octanol–water partition coefficient (Wildman–Crippen LogP) is 12.0. The fraction of sp³-hybridized carbons (Fsp3) is 0.245. The highest BCUT2D eigenvalue weighted by molar-refractivity contribution is 7.99. The molecule has 0 amide bonds. The number of esters is 2. The lowest BCUT2D eigenvalue weighted by Gasteiger charge is -2.12. The first-order chi connectivity index (χ1) is 30.2. The average Bonchev–Trinajstić information content (AvgIpc) is 4.01. The number of hydrogen-bond donors (Lipinski definition) is 3. The molecule has 5 heterocycles. The van der Waals surface area contributed by atoms with Crippen LogP contribution < -0.4 is 0 Å². The van der Waals surface area contributed by atoms with Crippen LogP contribution in [0.4, 0.5) is 0 Å². The lowest BCUT2D eigenvalue weighted by molar-refractivity contribution is -0.150. The molecule has 3 N–H and O–H groups in total. The average molecular weight is 855 g/mol. The molecule has 1 atom stereocenters. The van der Waals surface area contributed by atoms with Crippen LogP contribution in [0, 0.1) is 48.5 Å². The predicted molar refractivity (Wildman–Crippen MR) is 256 cm³/mol. The van der Waals surface area contributed by atoms with E-state index in [-0.39, 0.29) is 25.2 Å². The summed E-state index contributed by atoms with van der Waals surface area (Å²) in [6.45, 7) is 19.6. The number of hydrogen-bond acceptors (Lipinski definition) is 8. The molecule has 0 saturated heterocycles. The number of ether oxygens (including phenoxy) is 2. The van der Waals surface area contributed by atoms with Crippen molar-refractivity contribution in [2.24, 2.45) is 0 Å². The van der Waals surface area contributed by atoms with Crippen molar-refractivity contribution in [2.75, 3.05) is 19.0 Å². The summed E-state index contributed by atoms with van der Waals surface area (Å²) in [4.78, 5) is 44.2. The fourth-order valence-electron chi connectivity index (χ4n) is 9.14. The maximum absolute atomic E-state index is 12.9. The van der Waals surface area contributed by atoms with Gasteiger partial charge in [0.2, 0.25) is 0 Å². The second-order valence-corrected chi connectivity index (χ2v) is 18.2. The van der Waals surface area contributed by atoms with Crippen molar-refractivity contribution < 1.29 is 24.2 Å². The molecular weight excluding hydrogens is 805 g/mol. The lowest BCUT2D eigenvalue weighted by atomic mass is 9.94. The van der Waals surface area contributed by atoms with E-state index in [9.17, 15) is 14.7 Å². The molecule has 0 aliphatic carbocycles. The van der Waals surface area contributed by atoms with Gasteiger partial charge in [-0.2, -0.15) is 0 Å². The van der Waals surface area contributed by atoms with Crippen molar-refractivity contribution in [3.05, 3.63) is 124 Å². The van der Waals surface area contributed by atoms with E-state index in [1.165, 1.54) is 28.8 Å². The lowest BCUT2D eigenvalue weighted by Crippen LogP contribution is -2.25. The third kappa shape index (κ3) is 7.51. The zero-order chi connectivity index (χ0) is 44.4. The molecule has 4 aromatic carbocycles.